The Balaban J connectivity index is 2.11. The molecule has 0 bridgehead atoms. The molecular formula is C16H25N3O3. The van der Waals surface area contributed by atoms with Gasteiger partial charge >= 0.3 is 5.97 Å². The number of carboxylic acids is 1. The van der Waals surface area contributed by atoms with Crippen molar-refractivity contribution in [2.24, 2.45) is 5.92 Å². The molecule has 1 fully saturated rings. The van der Waals surface area contributed by atoms with Crippen LogP contribution in [0.5, 0.6) is 0 Å². The molecule has 6 heteroatoms. The van der Waals surface area contributed by atoms with Crippen LogP contribution in [0.2, 0.25) is 0 Å². The first-order valence-electron chi connectivity index (χ1n) is 7.85. The van der Waals surface area contributed by atoms with E-state index in [1.807, 2.05) is 11.6 Å². The Morgan fingerprint density at radius 1 is 1.41 bits per heavy atom. The monoisotopic (exact) mass is 307 g/mol. The average molecular weight is 307 g/mol. The number of carbonyl (C=O) groups is 2. The van der Waals surface area contributed by atoms with E-state index in [4.69, 9.17) is 5.11 Å². The largest absolute Gasteiger partial charge is 0.481 e. The van der Waals surface area contributed by atoms with E-state index in [2.05, 4.69) is 31.2 Å². The van der Waals surface area contributed by atoms with Crippen molar-refractivity contribution in [2.45, 2.75) is 65.0 Å². The summed E-state index contributed by atoms with van der Waals surface area (Å²) in [6, 6.07) is -0.0590. The number of aromatic nitrogens is 2. The van der Waals surface area contributed by atoms with Crippen LogP contribution in [-0.2, 0) is 16.8 Å². The third-order valence-electron chi connectivity index (χ3n) is 4.20. The molecule has 1 aliphatic rings. The van der Waals surface area contributed by atoms with Crippen LogP contribution >= 0.6 is 0 Å². The lowest BCUT2D eigenvalue weighted by molar-refractivity contribution is -0.141. The van der Waals surface area contributed by atoms with Gasteiger partial charge < -0.3 is 10.4 Å². The van der Waals surface area contributed by atoms with E-state index >= 15 is 0 Å². The molecule has 2 N–H and O–H groups in total. The topological polar surface area (TPSA) is 84.2 Å². The third kappa shape index (κ3) is 3.31. The van der Waals surface area contributed by atoms with Gasteiger partial charge in [-0.25, -0.2) is 0 Å². The van der Waals surface area contributed by atoms with Gasteiger partial charge in [0.1, 0.15) is 0 Å². The molecule has 122 valence electrons. The Bertz CT molecular complexity index is 572. The molecule has 1 aromatic heterocycles. The normalized spacial score (nSPS) is 21.8. The second-order valence-corrected chi connectivity index (χ2v) is 6.96. The fraction of sp³-hybridized carbons (Fsp3) is 0.688. The fourth-order valence-corrected chi connectivity index (χ4v) is 3.08. The lowest BCUT2D eigenvalue weighted by Gasteiger charge is -2.22. The zero-order valence-electron chi connectivity index (χ0n) is 13.7. The van der Waals surface area contributed by atoms with Crippen LogP contribution in [0.25, 0.3) is 0 Å². The van der Waals surface area contributed by atoms with Gasteiger partial charge in [-0.05, 0) is 46.5 Å². The fourth-order valence-electron chi connectivity index (χ4n) is 3.08. The maximum absolute atomic E-state index is 12.5. The summed E-state index contributed by atoms with van der Waals surface area (Å²) in [7, 11) is 0. The van der Waals surface area contributed by atoms with E-state index in [1.54, 1.807) is 6.20 Å². The minimum Gasteiger partial charge on any atom is -0.481 e. The maximum Gasteiger partial charge on any atom is 0.306 e. The van der Waals surface area contributed by atoms with Gasteiger partial charge in [0.05, 0.1) is 28.9 Å². The zero-order valence-corrected chi connectivity index (χ0v) is 13.7. The molecule has 2 rings (SSSR count). The van der Waals surface area contributed by atoms with Crippen LogP contribution in [-0.4, -0.2) is 32.8 Å². The first-order valence-corrected chi connectivity index (χ1v) is 7.85. The molecule has 6 nitrogen and oxygen atoms in total. The number of nitrogens with one attached hydrogen (secondary N) is 1. The molecule has 0 aromatic carbocycles. The number of hydrogen-bond acceptors (Lipinski definition) is 3. The van der Waals surface area contributed by atoms with Crippen molar-refractivity contribution < 1.29 is 14.7 Å². The predicted molar refractivity (Wildman–Crippen MR) is 82.8 cm³/mol. The van der Waals surface area contributed by atoms with Crippen molar-refractivity contribution in [1.82, 2.24) is 15.1 Å². The summed E-state index contributed by atoms with van der Waals surface area (Å²) in [5.74, 6) is -1.26. The molecule has 1 heterocycles. The number of carboxylic acid groups (broad SMARTS) is 1. The van der Waals surface area contributed by atoms with E-state index < -0.39 is 5.97 Å². The molecule has 0 radical (unpaired) electrons. The van der Waals surface area contributed by atoms with Crippen LogP contribution < -0.4 is 5.32 Å². The van der Waals surface area contributed by atoms with E-state index in [1.165, 1.54) is 0 Å². The van der Waals surface area contributed by atoms with E-state index in [0.29, 0.717) is 18.4 Å². The molecule has 1 amide bonds. The highest BCUT2D eigenvalue weighted by atomic mass is 16.4. The van der Waals surface area contributed by atoms with E-state index in [0.717, 1.165) is 18.5 Å². The zero-order chi connectivity index (χ0) is 16.5. The molecule has 0 aliphatic heterocycles. The van der Waals surface area contributed by atoms with Gasteiger partial charge in [-0.2, -0.15) is 5.10 Å². The summed E-state index contributed by atoms with van der Waals surface area (Å²) in [6.07, 6.45) is 4.20. The molecule has 0 unspecified atom stereocenters. The predicted octanol–water partition coefficient (Wildman–Crippen LogP) is 2.18. The molecular weight excluding hydrogens is 282 g/mol. The van der Waals surface area contributed by atoms with Crippen LogP contribution in [0.3, 0.4) is 0 Å². The van der Waals surface area contributed by atoms with Crippen LogP contribution in [0.4, 0.5) is 0 Å². The van der Waals surface area contributed by atoms with Gasteiger partial charge in [0.25, 0.3) is 5.91 Å². The summed E-state index contributed by atoms with van der Waals surface area (Å²) in [5.41, 5.74) is 1.33. The summed E-state index contributed by atoms with van der Waals surface area (Å²) in [5, 5.41) is 16.4. The van der Waals surface area contributed by atoms with Gasteiger partial charge in [-0.1, -0.05) is 6.92 Å². The SMILES string of the molecule is CCc1c(C(=O)N[C@H]2CC[C@@H](C(=O)O)C2)cnn1C(C)(C)C. The number of rotatable bonds is 4. The van der Waals surface area contributed by atoms with Crippen LogP contribution in [0.1, 0.15) is 63.0 Å². The van der Waals surface area contributed by atoms with Gasteiger partial charge in [-0.15, -0.1) is 0 Å². The summed E-state index contributed by atoms with van der Waals surface area (Å²) in [6.45, 7) is 8.16. The van der Waals surface area contributed by atoms with Crippen molar-refractivity contribution in [3.63, 3.8) is 0 Å². The summed E-state index contributed by atoms with van der Waals surface area (Å²) >= 11 is 0. The molecule has 1 aliphatic carbocycles. The smallest absolute Gasteiger partial charge is 0.306 e. The summed E-state index contributed by atoms with van der Waals surface area (Å²) in [4.78, 5) is 23.5. The number of aliphatic carboxylic acids is 1. The number of carbonyl (C=O) groups excluding carboxylic acids is 1. The molecule has 22 heavy (non-hydrogen) atoms. The average Bonchev–Trinajstić information content (AvgIpc) is 3.03. The van der Waals surface area contributed by atoms with Crippen molar-refractivity contribution in [2.75, 3.05) is 0 Å². The van der Waals surface area contributed by atoms with Crippen LogP contribution in [0, 0.1) is 5.92 Å². The molecule has 0 saturated heterocycles. The van der Waals surface area contributed by atoms with Gasteiger partial charge in [0.2, 0.25) is 0 Å². The summed E-state index contributed by atoms with van der Waals surface area (Å²) < 4.78 is 1.89. The van der Waals surface area contributed by atoms with Gasteiger partial charge in [0.15, 0.2) is 0 Å². The Hall–Kier alpha value is -1.85. The highest BCUT2D eigenvalue weighted by Crippen LogP contribution is 2.26. The Kier molecular flexibility index (Phi) is 4.58. The standard InChI is InChI=1S/C16H25N3O3/c1-5-13-12(9-17-19(13)16(2,3)4)14(20)18-11-7-6-10(8-11)15(21)22/h9-11H,5-8H2,1-4H3,(H,18,20)(H,21,22)/t10-,11+/m1/s1. The van der Waals surface area contributed by atoms with Crippen LogP contribution in [0.15, 0.2) is 6.20 Å². The molecule has 1 saturated carbocycles. The maximum atomic E-state index is 12.5. The first kappa shape index (κ1) is 16.5. The highest BCUT2D eigenvalue weighted by Gasteiger charge is 2.31. The first-order chi connectivity index (χ1) is 10.2. The second kappa shape index (κ2) is 6.10. The highest BCUT2D eigenvalue weighted by molar-refractivity contribution is 5.95. The Morgan fingerprint density at radius 2 is 2.09 bits per heavy atom. The lowest BCUT2D eigenvalue weighted by Crippen LogP contribution is -2.34. The second-order valence-electron chi connectivity index (χ2n) is 6.96. The quantitative estimate of drug-likeness (QED) is 0.893. The Morgan fingerprint density at radius 3 is 2.59 bits per heavy atom. The van der Waals surface area contributed by atoms with Crippen molar-refractivity contribution in [3.05, 3.63) is 17.5 Å². The lowest BCUT2D eigenvalue weighted by atomic mass is 10.1. The number of hydrogen-bond donors (Lipinski definition) is 2. The third-order valence-corrected chi connectivity index (χ3v) is 4.20. The van der Waals surface area contributed by atoms with E-state index in [-0.39, 0.29) is 23.4 Å². The minimum atomic E-state index is -0.772. The molecule has 2 atom stereocenters. The van der Waals surface area contributed by atoms with Crippen molar-refractivity contribution >= 4 is 11.9 Å². The minimum absolute atomic E-state index is 0.0590. The molecule has 1 aromatic rings. The van der Waals surface area contributed by atoms with Crippen molar-refractivity contribution in [3.8, 4) is 0 Å². The van der Waals surface area contributed by atoms with Gasteiger partial charge in [-0.3, -0.25) is 14.3 Å². The van der Waals surface area contributed by atoms with Gasteiger partial charge in [0, 0.05) is 6.04 Å². The van der Waals surface area contributed by atoms with Crippen molar-refractivity contribution in [1.29, 1.82) is 0 Å². The Labute approximate surface area is 130 Å². The number of nitrogens with zero attached hydrogens (tertiary/aromatic N) is 2. The number of amides is 1. The molecule has 0 spiro atoms. The van der Waals surface area contributed by atoms with E-state index in [9.17, 15) is 9.59 Å².